The van der Waals surface area contributed by atoms with Crippen LogP contribution in [0.25, 0.3) is 22.0 Å². The van der Waals surface area contributed by atoms with Gasteiger partial charge in [-0.2, -0.15) is 0 Å². The number of nitrogens with one attached hydrogen (secondary N) is 2. The number of anilines is 1. The Hall–Kier alpha value is -2.66. The van der Waals surface area contributed by atoms with Gasteiger partial charge in [0.2, 0.25) is 0 Å². The van der Waals surface area contributed by atoms with Gasteiger partial charge in [-0.05, 0) is 42.3 Å². The molecule has 1 saturated heterocycles. The van der Waals surface area contributed by atoms with E-state index in [9.17, 15) is 4.79 Å². The van der Waals surface area contributed by atoms with Crippen molar-refractivity contribution in [1.82, 2.24) is 15.3 Å². The van der Waals surface area contributed by atoms with Crippen LogP contribution >= 0.6 is 0 Å². The van der Waals surface area contributed by atoms with Crippen LogP contribution in [-0.2, 0) is 0 Å². The third-order valence-electron chi connectivity index (χ3n) is 4.66. The van der Waals surface area contributed by atoms with Crippen molar-refractivity contribution in [3.63, 3.8) is 0 Å². The van der Waals surface area contributed by atoms with Crippen LogP contribution in [0.15, 0.2) is 36.7 Å². The predicted octanol–water partition coefficient (Wildman–Crippen LogP) is 2.76. The first-order chi connectivity index (χ1) is 11.8. The van der Waals surface area contributed by atoms with Gasteiger partial charge in [-0.25, -0.2) is 4.98 Å². The first kappa shape index (κ1) is 14.9. The SMILES string of the molecule is Cc1c[nH]c2cc(-c3ccc(N4CCNCC4)nc3)cc(C=O)c12. The second kappa shape index (κ2) is 6.09. The van der Waals surface area contributed by atoms with Gasteiger partial charge >= 0.3 is 0 Å². The number of H-pyrrole nitrogens is 1. The number of nitrogens with zero attached hydrogens (tertiary/aromatic N) is 2. The molecule has 0 spiro atoms. The quantitative estimate of drug-likeness (QED) is 0.729. The van der Waals surface area contributed by atoms with E-state index >= 15 is 0 Å². The van der Waals surface area contributed by atoms with Crippen molar-refractivity contribution in [3.05, 3.63) is 47.8 Å². The molecule has 3 heterocycles. The molecule has 1 aromatic carbocycles. The van der Waals surface area contributed by atoms with Crippen LogP contribution in [0.3, 0.4) is 0 Å². The summed E-state index contributed by atoms with van der Waals surface area (Å²) >= 11 is 0. The molecule has 0 radical (unpaired) electrons. The summed E-state index contributed by atoms with van der Waals surface area (Å²) < 4.78 is 0. The summed E-state index contributed by atoms with van der Waals surface area (Å²) in [5, 5.41) is 4.35. The van der Waals surface area contributed by atoms with E-state index in [1.165, 1.54) is 0 Å². The molecule has 0 amide bonds. The number of piperazine rings is 1. The standard InChI is InChI=1S/C19H20N4O/c1-13-10-21-17-9-15(8-16(12-24)19(13)17)14-2-3-18(22-11-14)23-6-4-20-5-7-23/h2-3,8-12,20-21H,4-7H2,1H3. The van der Waals surface area contributed by atoms with Gasteiger partial charge < -0.3 is 15.2 Å². The summed E-state index contributed by atoms with van der Waals surface area (Å²) in [6, 6.07) is 8.16. The van der Waals surface area contributed by atoms with Crippen molar-refractivity contribution in [2.24, 2.45) is 0 Å². The van der Waals surface area contributed by atoms with Crippen molar-refractivity contribution >= 4 is 23.0 Å². The third kappa shape index (κ3) is 2.57. The molecule has 3 aromatic rings. The van der Waals surface area contributed by atoms with Crippen molar-refractivity contribution in [2.75, 3.05) is 31.1 Å². The highest BCUT2D eigenvalue weighted by atomic mass is 16.1. The van der Waals surface area contributed by atoms with Gasteiger partial charge in [-0.15, -0.1) is 0 Å². The maximum atomic E-state index is 11.5. The van der Waals surface area contributed by atoms with Gasteiger partial charge in [0.05, 0.1) is 0 Å². The maximum absolute atomic E-state index is 11.5. The Balaban J connectivity index is 1.70. The molecule has 1 aliphatic heterocycles. The number of carbonyl (C=O) groups excluding carboxylic acids is 1. The van der Waals surface area contributed by atoms with Crippen molar-refractivity contribution in [3.8, 4) is 11.1 Å². The summed E-state index contributed by atoms with van der Waals surface area (Å²) in [6.45, 7) is 5.96. The van der Waals surface area contributed by atoms with Gasteiger partial charge in [0.15, 0.2) is 6.29 Å². The molecule has 0 bridgehead atoms. The lowest BCUT2D eigenvalue weighted by Gasteiger charge is -2.28. The number of aryl methyl sites for hydroxylation is 1. The summed E-state index contributed by atoms with van der Waals surface area (Å²) in [5.74, 6) is 1.01. The molecule has 0 unspecified atom stereocenters. The topological polar surface area (TPSA) is 61.0 Å². The maximum Gasteiger partial charge on any atom is 0.150 e. The fraction of sp³-hybridized carbons (Fsp3) is 0.263. The fourth-order valence-electron chi connectivity index (χ4n) is 3.37. The van der Waals surface area contributed by atoms with Crippen LogP contribution in [0.4, 0.5) is 5.82 Å². The van der Waals surface area contributed by atoms with Crippen LogP contribution in [0.2, 0.25) is 0 Å². The highest BCUT2D eigenvalue weighted by molar-refractivity contribution is 6.01. The summed E-state index contributed by atoms with van der Waals surface area (Å²) in [5.41, 5.74) is 4.81. The largest absolute Gasteiger partial charge is 0.361 e. The van der Waals surface area contributed by atoms with Gasteiger partial charge in [0, 0.05) is 60.6 Å². The van der Waals surface area contributed by atoms with Crippen LogP contribution in [0, 0.1) is 6.92 Å². The number of aromatic nitrogens is 2. The van der Waals surface area contributed by atoms with E-state index in [0.29, 0.717) is 5.56 Å². The molecular formula is C19H20N4O. The van der Waals surface area contributed by atoms with Crippen molar-refractivity contribution in [1.29, 1.82) is 0 Å². The highest BCUT2D eigenvalue weighted by Crippen LogP contribution is 2.29. The number of benzene rings is 1. The molecule has 24 heavy (non-hydrogen) atoms. The molecule has 0 aliphatic carbocycles. The minimum Gasteiger partial charge on any atom is -0.361 e. The number of aldehydes is 1. The van der Waals surface area contributed by atoms with Gasteiger partial charge in [-0.3, -0.25) is 4.79 Å². The number of carbonyl (C=O) groups is 1. The van der Waals surface area contributed by atoms with Gasteiger partial charge in [-0.1, -0.05) is 0 Å². The van der Waals surface area contributed by atoms with E-state index in [-0.39, 0.29) is 0 Å². The van der Waals surface area contributed by atoms with Crippen molar-refractivity contribution in [2.45, 2.75) is 6.92 Å². The zero-order valence-corrected chi connectivity index (χ0v) is 13.7. The zero-order chi connectivity index (χ0) is 16.5. The lowest BCUT2D eigenvalue weighted by Crippen LogP contribution is -2.43. The van der Waals surface area contributed by atoms with Crippen molar-refractivity contribution < 1.29 is 4.79 Å². The lowest BCUT2D eigenvalue weighted by molar-refractivity contribution is 0.112. The molecule has 2 aromatic heterocycles. The van der Waals surface area contributed by atoms with E-state index in [4.69, 9.17) is 0 Å². The smallest absolute Gasteiger partial charge is 0.150 e. The normalized spacial score (nSPS) is 15.0. The molecule has 5 nitrogen and oxygen atoms in total. The van der Waals surface area contributed by atoms with Crippen LogP contribution in [0.1, 0.15) is 15.9 Å². The average Bonchev–Trinajstić information content (AvgIpc) is 3.03. The molecule has 0 saturated carbocycles. The molecule has 122 valence electrons. The number of pyridine rings is 1. The Morgan fingerprint density at radius 1 is 1.17 bits per heavy atom. The summed E-state index contributed by atoms with van der Waals surface area (Å²) in [4.78, 5) is 21.6. The molecule has 0 atom stereocenters. The predicted molar refractivity (Wildman–Crippen MR) is 96.7 cm³/mol. The minimum atomic E-state index is 0.715. The molecule has 1 aliphatic rings. The second-order valence-corrected chi connectivity index (χ2v) is 6.22. The lowest BCUT2D eigenvalue weighted by atomic mass is 10.0. The second-order valence-electron chi connectivity index (χ2n) is 6.22. The Labute approximate surface area is 140 Å². The summed E-state index contributed by atoms with van der Waals surface area (Å²) in [6.07, 6.45) is 4.76. The Morgan fingerprint density at radius 3 is 2.71 bits per heavy atom. The number of hydrogen-bond donors (Lipinski definition) is 2. The molecule has 2 N–H and O–H groups in total. The first-order valence-corrected chi connectivity index (χ1v) is 8.25. The highest BCUT2D eigenvalue weighted by Gasteiger charge is 2.13. The van der Waals surface area contributed by atoms with E-state index in [0.717, 1.165) is 65.9 Å². The summed E-state index contributed by atoms with van der Waals surface area (Å²) in [7, 11) is 0. The van der Waals surface area contributed by atoms with Crippen LogP contribution in [-0.4, -0.2) is 42.4 Å². The van der Waals surface area contributed by atoms with Gasteiger partial charge in [0.25, 0.3) is 0 Å². The Kier molecular flexibility index (Phi) is 3.78. The fourth-order valence-corrected chi connectivity index (χ4v) is 3.37. The number of rotatable bonds is 3. The third-order valence-corrected chi connectivity index (χ3v) is 4.66. The van der Waals surface area contributed by atoms with E-state index in [1.807, 2.05) is 25.4 Å². The Morgan fingerprint density at radius 2 is 2.00 bits per heavy atom. The minimum absolute atomic E-state index is 0.715. The number of aromatic amines is 1. The monoisotopic (exact) mass is 320 g/mol. The number of fused-ring (bicyclic) bond motifs is 1. The molecule has 5 heteroatoms. The number of hydrogen-bond acceptors (Lipinski definition) is 4. The van der Waals surface area contributed by atoms with Crippen LogP contribution < -0.4 is 10.2 Å². The van der Waals surface area contributed by atoms with E-state index < -0.39 is 0 Å². The van der Waals surface area contributed by atoms with Crippen LogP contribution in [0.5, 0.6) is 0 Å². The zero-order valence-electron chi connectivity index (χ0n) is 13.7. The molecule has 4 rings (SSSR count). The average molecular weight is 320 g/mol. The first-order valence-electron chi connectivity index (χ1n) is 8.25. The van der Waals surface area contributed by atoms with E-state index in [1.54, 1.807) is 0 Å². The molecule has 1 fully saturated rings. The van der Waals surface area contributed by atoms with Gasteiger partial charge in [0.1, 0.15) is 5.82 Å². The molecular weight excluding hydrogens is 300 g/mol. The Bertz CT molecular complexity index is 876. The van der Waals surface area contributed by atoms with E-state index in [2.05, 4.69) is 38.4 Å².